The molecular formula is C6H9OP. The molecule has 1 aliphatic rings. The number of allylic oxidation sites excluding steroid dienone is 2. The first-order valence-electron chi connectivity index (χ1n) is 2.92. The van der Waals surface area contributed by atoms with Crippen molar-refractivity contribution < 1.29 is 4.57 Å². The second kappa shape index (κ2) is 2.99. The van der Waals surface area contributed by atoms with E-state index in [9.17, 15) is 4.57 Å². The Labute approximate surface area is 51.0 Å². The van der Waals surface area contributed by atoms with Crippen LogP contribution in [-0.4, -0.2) is 5.66 Å². The van der Waals surface area contributed by atoms with E-state index in [0.29, 0.717) is 5.66 Å². The molecular weight excluding hydrogens is 119 g/mol. The highest BCUT2D eigenvalue weighted by Gasteiger charge is 2.05. The van der Waals surface area contributed by atoms with Crippen LogP contribution >= 0.6 is 8.46 Å². The van der Waals surface area contributed by atoms with E-state index < -0.39 is 0 Å². The predicted octanol–water partition coefficient (Wildman–Crippen LogP) is 2.39. The first-order chi connectivity index (χ1) is 3.93. The topological polar surface area (TPSA) is 17.1 Å². The maximum Gasteiger partial charge on any atom is 0.162 e. The summed E-state index contributed by atoms with van der Waals surface area (Å²) in [6.07, 6.45) is 7.63. The normalized spacial score (nSPS) is 28.8. The maximum absolute atomic E-state index is 10.2. The molecule has 0 aromatic rings. The molecule has 0 saturated carbocycles. The standard InChI is InChI=1S/C6H9OP/c7-8-6-4-2-1-3-5-6/h2,4,6H,1,3,5H2. The van der Waals surface area contributed by atoms with Crippen LogP contribution in [0.15, 0.2) is 12.2 Å². The Morgan fingerprint density at radius 1 is 1.62 bits per heavy atom. The highest BCUT2D eigenvalue weighted by Crippen LogP contribution is 2.20. The average molecular weight is 128 g/mol. The van der Waals surface area contributed by atoms with Gasteiger partial charge in [-0.15, -0.1) is 0 Å². The summed E-state index contributed by atoms with van der Waals surface area (Å²) in [5.74, 6) is 0. The third-order valence-electron chi connectivity index (χ3n) is 1.36. The van der Waals surface area contributed by atoms with Gasteiger partial charge in [0.25, 0.3) is 0 Å². The third-order valence-corrected chi connectivity index (χ3v) is 2.07. The molecule has 44 valence electrons. The van der Waals surface area contributed by atoms with Gasteiger partial charge < -0.3 is 0 Å². The molecule has 0 N–H and O–H groups in total. The zero-order valence-corrected chi connectivity index (χ0v) is 5.60. The van der Waals surface area contributed by atoms with Crippen molar-refractivity contribution in [1.29, 1.82) is 0 Å². The van der Waals surface area contributed by atoms with Gasteiger partial charge in [0.05, 0.1) is 5.66 Å². The molecule has 0 saturated heterocycles. The summed E-state index contributed by atoms with van der Waals surface area (Å²) >= 11 is 0. The van der Waals surface area contributed by atoms with Gasteiger partial charge in [0.2, 0.25) is 0 Å². The van der Waals surface area contributed by atoms with E-state index in [2.05, 4.69) is 6.08 Å². The van der Waals surface area contributed by atoms with Gasteiger partial charge in [0, 0.05) is 0 Å². The van der Waals surface area contributed by atoms with Crippen molar-refractivity contribution in [3.63, 3.8) is 0 Å². The van der Waals surface area contributed by atoms with E-state index in [0.717, 1.165) is 6.42 Å². The Kier molecular flexibility index (Phi) is 2.23. The molecule has 1 unspecified atom stereocenters. The summed E-state index contributed by atoms with van der Waals surface area (Å²) in [6.45, 7) is 0. The van der Waals surface area contributed by atoms with Gasteiger partial charge in [0.1, 0.15) is 0 Å². The first-order valence-corrected chi connectivity index (χ1v) is 3.81. The van der Waals surface area contributed by atoms with E-state index in [4.69, 9.17) is 0 Å². The molecule has 2 heteroatoms. The van der Waals surface area contributed by atoms with Crippen LogP contribution in [0.25, 0.3) is 0 Å². The van der Waals surface area contributed by atoms with Gasteiger partial charge in [-0.05, 0) is 19.3 Å². The highest BCUT2D eigenvalue weighted by atomic mass is 31.1. The van der Waals surface area contributed by atoms with E-state index in [1.165, 1.54) is 12.8 Å². The number of hydrogen-bond acceptors (Lipinski definition) is 1. The molecule has 0 heterocycles. The molecule has 0 bridgehead atoms. The summed E-state index contributed by atoms with van der Waals surface area (Å²) < 4.78 is 10.2. The zero-order chi connectivity index (χ0) is 5.82. The summed E-state index contributed by atoms with van der Waals surface area (Å²) in [5, 5.41) is 0. The van der Waals surface area contributed by atoms with Crippen LogP contribution < -0.4 is 0 Å². The van der Waals surface area contributed by atoms with Gasteiger partial charge in [-0.2, -0.15) is 0 Å². The molecule has 0 aromatic carbocycles. The van der Waals surface area contributed by atoms with E-state index >= 15 is 0 Å². The van der Waals surface area contributed by atoms with Gasteiger partial charge >= 0.3 is 0 Å². The molecule has 1 atom stereocenters. The highest BCUT2D eigenvalue weighted by molar-refractivity contribution is 7.25. The molecule has 0 radical (unpaired) electrons. The lowest BCUT2D eigenvalue weighted by Gasteiger charge is -2.06. The minimum Gasteiger partial charge on any atom is -0.274 e. The molecule has 1 nitrogen and oxygen atoms in total. The molecule has 0 aliphatic heterocycles. The molecule has 8 heavy (non-hydrogen) atoms. The minimum atomic E-state index is 0.290. The Morgan fingerprint density at radius 2 is 2.50 bits per heavy atom. The molecule has 0 spiro atoms. The van der Waals surface area contributed by atoms with Crippen molar-refractivity contribution >= 4 is 8.46 Å². The molecule has 0 aromatic heterocycles. The van der Waals surface area contributed by atoms with Crippen LogP contribution in [0.4, 0.5) is 0 Å². The van der Waals surface area contributed by atoms with Crippen molar-refractivity contribution in [2.75, 3.05) is 0 Å². The fourth-order valence-corrected chi connectivity index (χ4v) is 1.36. The number of rotatable bonds is 1. The van der Waals surface area contributed by atoms with E-state index in [-0.39, 0.29) is 8.46 Å². The fourth-order valence-electron chi connectivity index (χ4n) is 0.882. The van der Waals surface area contributed by atoms with Crippen LogP contribution in [0, 0.1) is 0 Å². The maximum atomic E-state index is 10.2. The third kappa shape index (κ3) is 1.41. The lowest BCUT2D eigenvalue weighted by Crippen LogP contribution is -1.96. The lowest BCUT2D eigenvalue weighted by atomic mass is 10.1. The molecule has 1 rings (SSSR count). The first kappa shape index (κ1) is 5.97. The second-order valence-corrected chi connectivity index (χ2v) is 2.91. The van der Waals surface area contributed by atoms with Crippen molar-refractivity contribution in [1.82, 2.24) is 0 Å². The van der Waals surface area contributed by atoms with Crippen molar-refractivity contribution in [3.8, 4) is 0 Å². The summed E-state index contributed by atoms with van der Waals surface area (Å²) in [4.78, 5) is 0. The predicted molar refractivity (Wildman–Crippen MR) is 34.4 cm³/mol. The molecule has 0 amide bonds. The van der Waals surface area contributed by atoms with Crippen LogP contribution in [0.3, 0.4) is 0 Å². The minimum absolute atomic E-state index is 0.290. The Hall–Kier alpha value is -0.160. The second-order valence-electron chi connectivity index (χ2n) is 2.03. The van der Waals surface area contributed by atoms with Crippen molar-refractivity contribution in [2.24, 2.45) is 0 Å². The van der Waals surface area contributed by atoms with Crippen LogP contribution in [-0.2, 0) is 4.57 Å². The monoisotopic (exact) mass is 128 g/mol. The van der Waals surface area contributed by atoms with Gasteiger partial charge in [-0.3, -0.25) is 4.57 Å². The summed E-state index contributed by atoms with van der Waals surface area (Å²) in [7, 11) is 0.290. The van der Waals surface area contributed by atoms with E-state index in [1.54, 1.807) is 0 Å². The Balaban J connectivity index is 2.42. The average Bonchev–Trinajstić information content (AvgIpc) is 1.90. The van der Waals surface area contributed by atoms with Gasteiger partial charge in [-0.25, -0.2) is 0 Å². The SMILES string of the molecule is O=PC1C=CCCC1. The van der Waals surface area contributed by atoms with Crippen molar-refractivity contribution in [2.45, 2.75) is 24.9 Å². The summed E-state index contributed by atoms with van der Waals surface area (Å²) in [5.41, 5.74) is 0.323. The quantitative estimate of drug-likeness (QED) is 0.391. The summed E-state index contributed by atoms with van der Waals surface area (Å²) in [6, 6.07) is 0. The fraction of sp³-hybridized carbons (Fsp3) is 0.667. The van der Waals surface area contributed by atoms with E-state index in [1.807, 2.05) is 6.08 Å². The van der Waals surface area contributed by atoms with Gasteiger partial charge in [-0.1, -0.05) is 12.2 Å². The largest absolute Gasteiger partial charge is 0.274 e. The molecule has 0 fully saturated rings. The Bertz CT molecular complexity index is 109. The number of hydrogen-bond donors (Lipinski definition) is 0. The van der Waals surface area contributed by atoms with Crippen LogP contribution in [0.2, 0.25) is 0 Å². The smallest absolute Gasteiger partial charge is 0.162 e. The Morgan fingerprint density at radius 3 is 2.88 bits per heavy atom. The van der Waals surface area contributed by atoms with Crippen LogP contribution in [0.5, 0.6) is 0 Å². The van der Waals surface area contributed by atoms with Crippen molar-refractivity contribution in [3.05, 3.63) is 12.2 Å². The lowest BCUT2D eigenvalue weighted by molar-refractivity contribution is 0.588. The zero-order valence-electron chi connectivity index (χ0n) is 4.71. The van der Waals surface area contributed by atoms with Crippen LogP contribution in [0.1, 0.15) is 19.3 Å². The van der Waals surface area contributed by atoms with Gasteiger partial charge in [0.15, 0.2) is 8.46 Å². The molecule has 1 aliphatic carbocycles.